The van der Waals surface area contributed by atoms with Crippen LogP contribution in [0.1, 0.15) is 28.4 Å². The molecule has 0 spiro atoms. The van der Waals surface area contributed by atoms with Gasteiger partial charge in [-0.25, -0.2) is 15.4 Å². The first-order valence-corrected chi connectivity index (χ1v) is 5.51. The maximum atomic E-state index is 5.65. The van der Waals surface area contributed by atoms with Gasteiger partial charge in [-0.3, -0.25) is 5.84 Å². The van der Waals surface area contributed by atoms with Crippen LogP contribution >= 0.6 is 0 Å². The van der Waals surface area contributed by atoms with Crippen LogP contribution in [-0.4, -0.2) is 9.97 Å². The highest BCUT2D eigenvalue weighted by Gasteiger charge is 2.15. The molecular formula is C13H16N4. The molecule has 0 radical (unpaired) electrons. The molecule has 0 aliphatic rings. The number of aromatic nitrogens is 2. The Balaban J connectivity index is 2.46. The molecule has 1 aromatic heterocycles. The molecule has 4 nitrogen and oxygen atoms in total. The van der Waals surface area contributed by atoms with Crippen LogP contribution in [-0.2, 0) is 0 Å². The van der Waals surface area contributed by atoms with Crippen molar-refractivity contribution in [3.05, 3.63) is 59.2 Å². The molecule has 0 fully saturated rings. The van der Waals surface area contributed by atoms with Gasteiger partial charge in [0, 0.05) is 6.20 Å². The molecule has 0 aliphatic carbocycles. The number of nitrogens with zero attached hydrogens (tertiary/aromatic N) is 2. The van der Waals surface area contributed by atoms with Gasteiger partial charge in [0.15, 0.2) is 0 Å². The third kappa shape index (κ3) is 2.49. The van der Waals surface area contributed by atoms with Gasteiger partial charge in [-0.05, 0) is 31.0 Å². The molecule has 0 amide bonds. The van der Waals surface area contributed by atoms with Gasteiger partial charge in [-0.1, -0.05) is 23.8 Å². The van der Waals surface area contributed by atoms with Crippen LogP contribution in [0, 0.1) is 13.8 Å². The van der Waals surface area contributed by atoms with Crippen molar-refractivity contribution in [1.29, 1.82) is 0 Å². The van der Waals surface area contributed by atoms with E-state index in [0.29, 0.717) is 0 Å². The number of nitrogens with one attached hydrogen (secondary N) is 1. The molecule has 17 heavy (non-hydrogen) atoms. The Morgan fingerprint density at radius 1 is 1.24 bits per heavy atom. The van der Waals surface area contributed by atoms with E-state index in [9.17, 15) is 0 Å². The summed E-state index contributed by atoms with van der Waals surface area (Å²) < 4.78 is 0. The summed E-state index contributed by atoms with van der Waals surface area (Å²) in [6.45, 7) is 4.14. The monoisotopic (exact) mass is 228 g/mol. The lowest BCUT2D eigenvalue weighted by Crippen LogP contribution is -2.30. The molecule has 0 saturated heterocycles. The number of hydrogen-bond donors (Lipinski definition) is 2. The summed E-state index contributed by atoms with van der Waals surface area (Å²) >= 11 is 0. The summed E-state index contributed by atoms with van der Waals surface area (Å²) in [5, 5.41) is 0. The number of hydrogen-bond acceptors (Lipinski definition) is 4. The first kappa shape index (κ1) is 11.7. The second-order valence-corrected chi connectivity index (χ2v) is 4.09. The molecule has 0 aliphatic heterocycles. The van der Waals surface area contributed by atoms with Crippen molar-refractivity contribution < 1.29 is 0 Å². The van der Waals surface area contributed by atoms with E-state index >= 15 is 0 Å². The first-order valence-electron chi connectivity index (χ1n) is 5.51. The van der Waals surface area contributed by atoms with E-state index in [1.54, 1.807) is 6.20 Å². The Hall–Kier alpha value is -1.78. The molecule has 0 saturated carbocycles. The molecule has 1 unspecified atom stereocenters. The first-order chi connectivity index (χ1) is 8.22. The molecule has 2 rings (SSSR count). The van der Waals surface area contributed by atoms with Gasteiger partial charge in [0.25, 0.3) is 0 Å². The minimum atomic E-state index is -0.0992. The highest BCUT2D eigenvalue weighted by molar-refractivity contribution is 5.36. The van der Waals surface area contributed by atoms with Crippen molar-refractivity contribution in [3.63, 3.8) is 0 Å². The van der Waals surface area contributed by atoms with Gasteiger partial charge in [0.1, 0.15) is 6.33 Å². The zero-order valence-electron chi connectivity index (χ0n) is 10.0. The molecule has 3 N–H and O–H groups in total. The lowest BCUT2D eigenvalue weighted by molar-refractivity contribution is 0.615. The van der Waals surface area contributed by atoms with E-state index in [1.165, 1.54) is 17.5 Å². The average Bonchev–Trinajstić information content (AvgIpc) is 2.36. The van der Waals surface area contributed by atoms with Crippen LogP contribution < -0.4 is 11.3 Å². The predicted octanol–water partition coefficient (Wildman–Crippen LogP) is 1.65. The van der Waals surface area contributed by atoms with Gasteiger partial charge in [0.2, 0.25) is 0 Å². The van der Waals surface area contributed by atoms with Crippen molar-refractivity contribution in [2.75, 3.05) is 0 Å². The molecular weight excluding hydrogens is 212 g/mol. The third-order valence-electron chi connectivity index (χ3n) is 2.81. The zero-order valence-corrected chi connectivity index (χ0v) is 10.0. The SMILES string of the molecule is Cc1ccc(C)c(C(NN)c2ccncn2)c1. The number of rotatable bonds is 3. The molecule has 2 aromatic rings. The third-order valence-corrected chi connectivity index (χ3v) is 2.81. The Morgan fingerprint density at radius 2 is 2.06 bits per heavy atom. The molecule has 1 atom stereocenters. The summed E-state index contributed by atoms with van der Waals surface area (Å²) in [5.41, 5.74) is 7.23. The van der Waals surface area contributed by atoms with Crippen LogP contribution in [0.25, 0.3) is 0 Å². The highest BCUT2D eigenvalue weighted by Crippen LogP contribution is 2.23. The molecule has 88 valence electrons. The Morgan fingerprint density at radius 3 is 2.71 bits per heavy atom. The predicted molar refractivity (Wildman–Crippen MR) is 67.1 cm³/mol. The van der Waals surface area contributed by atoms with Crippen molar-refractivity contribution in [2.24, 2.45) is 5.84 Å². The topological polar surface area (TPSA) is 63.8 Å². The minimum absolute atomic E-state index is 0.0992. The average molecular weight is 228 g/mol. The van der Waals surface area contributed by atoms with Crippen LogP contribution in [0.4, 0.5) is 0 Å². The summed E-state index contributed by atoms with van der Waals surface area (Å²) in [5.74, 6) is 5.65. The second kappa shape index (κ2) is 5.03. The van der Waals surface area contributed by atoms with Gasteiger partial charge in [0.05, 0.1) is 11.7 Å². The Bertz CT molecular complexity index is 496. The Labute approximate surface area is 101 Å². The van der Waals surface area contributed by atoms with Crippen molar-refractivity contribution >= 4 is 0 Å². The van der Waals surface area contributed by atoms with Gasteiger partial charge < -0.3 is 0 Å². The molecule has 4 heteroatoms. The molecule has 0 bridgehead atoms. The smallest absolute Gasteiger partial charge is 0.115 e. The van der Waals surface area contributed by atoms with Crippen LogP contribution in [0.5, 0.6) is 0 Å². The number of nitrogens with two attached hydrogens (primary N) is 1. The van der Waals surface area contributed by atoms with Gasteiger partial charge >= 0.3 is 0 Å². The van der Waals surface area contributed by atoms with Crippen molar-refractivity contribution in [1.82, 2.24) is 15.4 Å². The lowest BCUT2D eigenvalue weighted by atomic mass is 9.97. The van der Waals surface area contributed by atoms with Crippen LogP contribution in [0.15, 0.2) is 36.8 Å². The van der Waals surface area contributed by atoms with Crippen LogP contribution in [0.2, 0.25) is 0 Å². The molecule has 1 aromatic carbocycles. The van der Waals surface area contributed by atoms with E-state index < -0.39 is 0 Å². The normalized spacial score (nSPS) is 12.4. The fourth-order valence-electron chi connectivity index (χ4n) is 1.88. The largest absolute Gasteiger partial charge is 0.271 e. The van der Waals surface area contributed by atoms with E-state index in [-0.39, 0.29) is 6.04 Å². The number of hydrazine groups is 1. The summed E-state index contributed by atoms with van der Waals surface area (Å²) in [6.07, 6.45) is 3.25. The summed E-state index contributed by atoms with van der Waals surface area (Å²) in [6, 6.07) is 8.08. The summed E-state index contributed by atoms with van der Waals surface area (Å²) in [7, 11) is 0. The number of aryl methyl sites for hydroxylation is 2. The maximum Gasteiger partial charge on any atom is 0.115 e. The van der Waals surface area contributed by atoms with Gasteiger partial charge in [-0.2, -0.15) is 0 Å². The zero-order chi connectivity index (χ0) is 12.3. The van der Waals surface area contributed by atoms with E-state index in [2.05, 4.69) is 47.4 Å². The second-order valence-electron chi connectivity index (χ2n) is 4.09. The minimum Gasteiger partial charge on any atom is -0.271 e. The fraction of sp³-hybridized carbons (Fsp3) is 0.231. The summed E-state index contributed by atoms with van der Waals surface area (Å²) in [4.78, 5) is 8.16. The van der Waals surface area contributed by atoms with Crippen molar-refractivity contribution in [2.45, 2.75) is 19.9 Å². The van der Waals surface area contributed by atoms with Gasteiger partial charge in [-0.15, -0.1) is 0 Å². The highest BCUT2D eigenvalue weighted by atomic mass is 15.2. The van der Waals surface area contributed by atoms with E-state index in [1.807, 2.05) is 6.07 Å². The standard InChI is InChI=1S/C13H16N4/c1-9-3-4-10(2)11(7-9)13(17-14)12-5-6-15-8-16-12/h3-8,13,17H,14H2,1-2H3. The van der Waals surface area contributed by atoms with Crippen LogP contribution in [0.3, 0.4) is 0 Å². The fourth-order valence-corrected chi connectivity index (χ4v) is 1.88. The maximum absolute atomic E-state index is 5.65. The Kier molecular flexibility index (Phi) is 3.46. The van der Waals surface area contributed by atoms with E-state index in [0.717, 1.165) is 11.3 Å². The molecule has 1 heterocycles. The quantitative estimate of drug-likeness (QED) is 0.619. The number of benzene rings is 1. The lowest BCUT2D eigenvalue weighted by Gasteiger charge is -2.18. The van der Waals surface area contributed by atoms with E-state index in [4.69, 9.17) is 5.84 Å². The van der Waals surface area contributed by atoms with Crippen molar-refractivity contribution in [3.8, 4) is 0 Å².